The Bertz CT molecular complexity index is 1150. The zero-order chi connectivity index (χ0) is 21.1. The first kappa shape index (κ1) is 20.4. The summed E-state index contributed by atoms with van der Waals surface area (Å²) < 4.78 is 0. The van der Waals surface area contributed by atoms with Gasteiger partial charge in [-0.05, 0) is 35.4 Å². The number of para-hydroxylation sites is 1. The monoisotopic (exact) mass is 413 g/mol. The van der Waals surface area contributed by atoms with Crippen molar-refractivity contribution in [1.82, 2.24) is 10.3 Å². The zero-order valence-corrected chi connectivity index (χ0v) is 16.7. The van der Waals surface area contributed by atoms with Crippen LogP contribution in [0.1, 0.15) is 21.5 Å². The minimum absolute atomic E-state index is 0.141. The maximum Gasteiger partial charge on any atom is 0.341 e. The van der Waals surface area contributed by atoms with Gasteiger partial charge in [0.2, 0.25) is 5.91 Å². The van der Waals surface area contributed by atoms with Gasteiger partial charge in [0.25, 0.3) is 5.56 Å². The van der Waals surface area contributed by atoms with Gasteiger partial charge in [0.1, 0.15) is 5.56 Å². The van der Waals surface area contributed by atoms with Crippen molar-refractivity contribution in [3.8, 4) is 0 Å². The van der Waals surface area contributed by atoms with Crippen LogP contribution >= 0.6 is 11.6 Å². The fourth-order valence-electron chi connectivity index (χ4n) is 3.18. The number of hydrogen-bond donors (Lipinski definition) is 3. The topological polar surface area (TPSA) is 102 Å². The van der Waals surface area contributed by atoms with E-state index in [9.17, 15) is 14.4 Å². The molecule has 0 bridgehead atoms. The average Bonchev–Trinajstić information content (AvgIpc) is 2.66. The second-order valence-corrected chi connectivity index (χ2v) is 7.26. The third-order valence-electron chi connectivity index (χ3n) is 4.53. The lowest BCUT2D eigenvalue weighted by Crippen LogP contribution is -2.26. The second-order valence-electron chi connectivity index (χ2n) is 6.82. The molecule has 1 amide bonds. The number of fused-ring (bicyclic) bond motifs is 1. The summed E-state index contributed by atoms with van der Waals surface area (Å²) in [5.41, 5.74) is 1.82. The fourth-order valence-corrected chi connectivity index (χ4v) is 3.43. The molecule has 3 N–H and O–H groups in total. The first-order chi connectivity index (χ1) is 13.8. The molecule has 8 heteroatoms. The van der Waals surface area contributed by atoms with Gasteiger partial charge in [-0.1, -0.05) is 29.8 Å². The Kier molecular flexibility index (Phi) is 5.89. The predicted molar refractivity (Wildman–Crippen MR) is 113 cm³/mol. The average molecular weight is 414 g/mol. The van der Waals surface area contributed by atoms with Crippen LogP contribution in [0.15, 0.2) is 47.3 Å². The number of nitrogens with zero attached hydrogens (tertiary/aromatic N) is 1. The molecule has 0 saturated carbocycles. The van der Waals surface area contributed by atoms with Crippen molar-refractivity contribution in [2.24, 2.45) is 0 Å². The number of H-pyrrole nitrogens is 1. The molecular formula is C21H20ClN3O4. The Labute approximate surface area is 171 Å². The minimum Gasteiger partial charge on any atom is -0.477 e. The molecule has 29 heavy (non-hydrogen) atoms. The molecule has 2 aromatic carbocycles. The first-order valence-corrected chi connectivity index (χ1v) is 9.24. The third-order valence-corrected chi connectivity index (χ3v) is 4.75. The van der Waals surface area contributed by atoms with E-state index in [0.717, 1.165) is 11.3 Å². The number of carboxylic acid groups (broad SMARTS) is 1. The summed E-state index contributed by atoms with van der Waals surface area (Å²) in [5, 5.41) is 12.8. The molecule has 0 atom stereocenters. The molecule has 0 aliphatic carbocycles. The van der Waals surface area contributed by atoms with Gasteiger partial charge in [-0.25, -0.2) is 4.79 Å². The van der Waals surface area contributed by atoms with Gasteiger partial charge >= 0.3 is 5.97 Å². The van der Waals surface area contributed by atoms with E-state index in [0.29, 0.717) is 21.5 Å². The van der Waals surface area contributed by atoms with Gasteiger partial charge in [-0.15, -0.1) is 0 Å². The lowest BCUT2D eigenvalue weighted by atomic mass is 10.1. The van der Waals surface area contributed by atoms with Gasteiger partial charge in [-0.3, -0.25) is 9.59 Å². The van der Waals surface area contributed by atoms with Crippen molar-refractivity contribution >= 4 is 40.1 Å². The van der Waals surface area contributed by atoms with E-state index in [1.165, 1.54) is 6.07 Å². The molecule has 3 aromatic rings. The summed E-state index contributed by atoms with van der Waals surface area (Å²) in [7, 11) is 3.83. The summed E-state index contributed by atoms with van der Waals surface area (Å²) in [5.74, 6) is -1.50. The number of carbonyl (C=O) groups excluding carboxylic acids is 1. The second kappa shape index (κ2) is 8.36. The van der Waals surface area contributed by atoms with Crippen molar-refractivity contribution in [1.29, 1.82) is 0 Å². The number of pyridine rings is 1. The van der Waals surface area contributed by atoms with Gasteiger partial charge < -0.3 is 20.3 Å². The molecule has 3 rings (SSSR count). The number of halogens is 1. The van der Waals surface area contributed by atoms with E-state index >= 15 is 0 Å². The van der Waals surface area contributed by atoms with E-state index in [4.69, 9.17) is 16.7 Å². The van der Waals surface area contributed by atoms with E-state index < -0.39 is 11.5 Å². The Morgan fingerprint density at radius 3 is 2.55 bits per heavy atom. The van der Waals surface area contributed by atoms with E-state index in [1.807, 2.05) is 43.3 Å². The molecule has 7 nitrogen and oxygen atoms in total. The highest BCUT2D eigenvalue weighted by Gasteiger charge is 2.14. The Morgan fingerprint density at radius 1 is 1.14 bits per heavy atom. The standard InChI is InChI=1S/C21H20ClN3O4/c1-25(2)17-6-4-3-5-12(17)10-18(26)23-11-14-8-15(22)7-13-9-16(21(28)29)20(27)24-19(13)14/h3-9H,10-11H2,1-2H3,(H,23,26)(H,24,27)(H,28,29). The van der Waals surface area contributed by atoms with Gasteiger partial charge in [0, 0.05) is 36.7 Å². The van der Waals surface area contributed by atoms with Crippen LogP contribution in [0.5, 0.6) is 0 Å². The summed E-state index contributed by atoms with van der Waals surface area (Å²) in [6.07, 6.45) is 0.201. The molecule has 0 spiro atoms. The molecular weight excluding hydrogens is 394 g/mol. The normalized spacial score (nSPS) is 10.7. The molecule has 0 aliphatic rings. The lowest BCUT2D eigenvalue weighted by Gasteiger charge is -2.17. The van der Waals surface area contributed by atoms with E-state index in [1.54, 1.807) is 12.1 Å². The minimum atomic E-state index is -1.32. The summed E-state index contributed by atoms with van der Waals surface area (Å²) in [4.78, 5) is 40.2. The van der Waals surface area contributed by atoms with Crippen LogP contribution in [0, 0.1) is 0 Å². The van der Waals surface area contributed by atoms with E-state index in [-0.39, 0.29) is 24.4 Å². The number of carboxylic acids is 1. The van der Waals surface area contributed by atoms with Crippen molar-refractivity contribution in [3.63, 3.8) is 0 Å². The molecule has 0 fully saturated rings. The molecule has 150 valence electrons. The lowest BCUT2D eigenvalue weighted by molar-refractivity contribution is -0.120. The van der Waals surface area contributed by atoms with Gasteiger partial charge in [-0.2, -0.15) is 0 Å². The molecule has 0 aliphatic heterocycles. The molecule has 0 saturated heterocycles. The largest absolute Gasteiger partial charge is 0.477 e. The number of aromatic nitrogens is 1. The number of hydrogen-bond acceptors (Lipinski definition) is 4. The Morgan fingerprint density at radius 2 is 1.86 bits per heavy atom. The first-order valence-electron chi connectivity index (χ1n) is 8.87. The molecule has 0 unspecified atom stereocenters. The highest BCUT2D eigenvalue weighted by molar-refractivity contribution is 6.31. The van der Waals surface area contributed by atoms with Crippen LogP contribution in [-0.2, 0) is 17.8 Å². The third kappa shape index (κ3) is 4.57. The predicted octanol–water partition coefficient (Wildman–Crippen LogP) is 2.80. The zero-order valence-electron chi connectivity index (χ0n) is 16.0. The van der Waals surface area contributed by atoms with Crippen LogP contribution in [0.25, 0.3) is 10.9 Å². The molecule has 0 radical (unpaired) electrons. The van der Waals surface area contributed by atoms with Crippen LogP contribution in [0.3, 0.4) is 0 Å². The van der Waals surface area contributed by atoms with Crippen molar-refractivity contribution in [3.05, 3.63) is 74.5 Å². The number of aromatic amines is 1. The Hall–Kier alpha value is -3.32. The summed E-state index contributed by atoms with van der Waals surface area (Å²) in [6, 6.07) is 12.1. The Balaban J connectivity index is 1.84. The SMILES string of the molecule is CN(C)c1ccccc1CC(=O)NCc1cc(Cl)cc2cc(C(=O)O)c(=O)[nH]c12. The highest BCUT2D eigenvalue weighted by Crippen LogP contribution is 2.23. The molecule has 1 aromatic heterocycles. The maximum atomic E-state index is 12.5. The summed E-state index contributed by atoms with van der Waals surface area (Å²) >= 11 is 6.14. The highest BCUT2D eigenvalue weighted by atomic mass is 35.5. The van der Waals surface area contributed by atoms with Crippen LogP contribution in [0.4, 0.5) is 5.69 Å². The number of carbonyl (C=O) groups is 2. The quantitative estimate of drug-likeness (QED) is 0.576. The number of rotatable bonds is 6. The van der Waals surface area contributed by atoms with Crippen molar-refractivity contribution < 1.29 is 14.7 Å². The van der Waals surface area contributed by atoms with Crippen LogP contribution in [0.2, 0.25) is 5.02 Å². The smallest absolute Gasteiger partial charge is 0.341 e. The summed E-state index contributed by atoms with van der Waals surface area (Å²) in [6.45, 7) is 0.141. The van der Waals surface area contributed by atoms with Crippen molar-refractivity contribution in [2.45, 2.75) is 13.0 Å². The number of amides is 1. The van der Waals surface area contributed by atoms with Gasteiger partial charge in [0.05, 0.1) is 11.9 Å². The number of aromatic carboxylic acids is 1. The maximum absolute atomic E-state index is 12.5. The van der Waals surface area contributed by atoms with Crippen molar-refractivity contribution in [2.75, 3.05) is 19.0 Å². The van der Waals surface area contributed by atoms with E-state index in [2.05, 4.69) is 10.3 Å². The molecule has 1 heterocycles. The van der Waals surface area contributed by atoms with Crippen LogP contribution < -0.4 is 15.8 Å². The van der Waals surface area contributed by atoms with Crippen LogP contribution in [-0.4, -0.2) is 36.1 Å². The fraction of sp³-hybridized carbons (Fsp3) is 0.190. The number of benzene rings is 2. The number of anilines is 1. The van der Waals surface area contributed by atoms with Gasteiger partial charge in [0.15, 0.2) is 0 Å². The number of nitrogens with one attached hydrogen (secondary N) is 2.